The molecule has 152 valence electrons. The van der Waals surface area contributed by atoms with Crippen molar-refractivity contribution in [3.8, 4) is 0 Å². The molecule has 0 aromatic carbocycles. The SMILES string of the molecule is CCNC(=S)N1CC2CC(Nc3nc(N/C(C=N)=C/NC)ncc3Cl)CC2C1. The highest BCUT2D eigenvalue weighted by atomic mass is 35.5. The maximum Gasteiger partial charge on any atom is 0.229 e. The van der Waals surface area contributed by atoms with E-state index in [-0.39, 0.29) is 0 Å². The third-order valence-corrected chi connectivity index (χ3v) is 5.84. The number of allylic oxidation sites excluding steroid dienone is 1. The summed E-state index contributed by atoms with van der Waals surface area (Å²) < 4.78 is 0. The first kappa shape index (κ1) is 20.6. The van der Waals surface area contributed by atoms with Crippen molar-refractivity contribution in [2.75, 3.05) is 37.3 Å². The monoisotopic (exact) mass is 422 g/mol. The Hall–Kier alpha value is -2.13. The molecule has 1 aromatic heterocycles. The summed E-state index contributed by atoms with van der Waals surface area (Å²) in [5.74, 6) is 2.29. The van der Waals surface area contributed by atoms with Gasteiger partial charge in [0.05, 0.1) is 11.9 Å². The molecule has 8 nitrogen and oxygen atoms in total. The van der Waals surface area contributed by atoms with E-state index in [0.717, 1.165) is 37.6 Å². The molecule has 1 aromatic rings. The van der Waals surface area contributed by atoms with Crippen molar-refractivity contribution in [2.45, 2.75) is 25.8 Å². The Morgan fingerprint density at radius 3 is 2.71 bits per heavy atom. The quantitative estimate of drug-likeness (QED) is 0.337. The predicted octanol–water partition coefficient (Wildman–Crippen LogP) is 2.27. The summed E-state index contributed by atoms with van der Waals surface area (Å²) in [5.41, 5.74) is 0.558. The summed E-state index contributed by atoms with van der Waals surface area (Å²) in [6.45, 7) is 4.95. The van der Waals surface area contributed by atoms with Crippen LogP contribution in [0.2, 0.25) is 5.02 Å². The van der Waals surface area contributed by atoms with Gasteiger partial charge in [-0.05, 0) is 43.8 Å². The van der Waals surface area contributed by atoms with Gasteiger partial charge in [0.25, 0.3) is 0 Å². The topological polar surface area (TPSA) is 101 Å². The van der Waals surface area contributed by atoms with Crippen LogP contribution in [0.5, 0.6) is 0 Å². The van der Waals surface area contributed by atoms with Crippen molar-refractivity contribution in [1.82, 2.24) is 25.5 Å². The first-order chi connectivity index (χ1) is 13.5. The van der Waals surface area contributed by atoms with Crippen LogP contribution in [-0.4, -0.2) is 58.9 Å². The van der Waals surface area contributed by atoms with Crippen LogP contribution in [0.1, 0.15) is 19.8 Å². The van der Waals surface area contributed by atoms with Crippen molar-refractivity contribution >= 4 is 46.9 Å². The molecule has 3 rings (SSSR count). The van der Waals surface area contributed by atoms with E-state index in [2.05, 4.69) is 43.1 Å². The molecule has 2 heterocycles. The number of hydrogen-bond acceptors (Lipinski definition) is 7. The summed E-state index contributed by atoms with van der Waals surface area (Å²) in [7, 11) is 1.77. The Bertz CT molecular complexity index is 741. The van der Waals surface area contributed by atoms with Crippen LogP contribution in [0, 0.1) is 17.2 Å². The fourth-order valence-electron chi connectivity index (χ4n) is 3.97. The van der Waals surface area contributed by atoms with Crippen LogP contribution in [0.4, 0.5) is 11.8 Å². The molecule has 1 saturated heterocycles. The van der Waals surface area contributed by atoms with Gasteiger partial charge < -0.3 is 31.6 Å². The average Bonchev–Trinajstić information content (AvgIpc) is 3.23. The van der Waals surface area contributed by atoms with E-state index < -0.39 is 0 Å². The molecule has 5 N–H and O–H groups in total. The number of nitrogens with zero attached hydrogens (tertiary/aromatic N) is 3. The Labute approximate surface area is 176 Å². The van der Waals surface area contributed by atoms with E-state index >= 15 is 0 Å². The molecule has 1 aliphatic heterocycles. The van der Waals surface area contributed by atoms with Gasteiger partial charge in [0, 0.05) is 45.1 Å². The summed E-state index contributed by atoms with van der Waals surface area (Å²) in [5, 5.41) is 21.4. The second kappa shape index (κ2) is 9.38. The molecular weight excluding hydrogens is 396 g/mol. The van der Waals surface area contributed by atoms with Gasteiger partial charge in [-0.3, -0.25) is 0 Å². The fourth-order valence-corrected chi connectivity index (χ4v) is 4.41. The highest BCUT2D eigenvalue weighted by molar-refractivity contribution is 7.80. The molecule has 1 saturated carbocycles. The van der Waals surface area contributed by atoms with Crippen LogP contribution in [0.15, 0.2) is 18.1 Å². The van der Waals surface area contributed by atoms with E-state index in [1.165, 1.54) is 6.21 Å². The maximum absolute atomic E-state index is 7.42. The van der Waals surface area contributed by atoms with E-state index in [1.54, 1.807) is 19.4 Å². The van der Waals surface area contributed by atoms with Gasteiger partial charge in [-0.15, -0.1) is 0 Å². The minimum Gasteiger partial charge on any atom is -0.392 e. The zero-order valence-electron chi connectivity index (χ0n) is 16.1. The lowest BCUT2D eigenvalue weighted by molar-refractivity contribution is 0.449. The van der Waals surface area contributed by atoms with Gasteiger partial charge >= 0.3 is 0 Å². The lowest BCUT2D eigenvalue weighted by Gasteiger charge is -2.22. The van der Waals surface area contributed by atoms with Crippen LogP contribution in [0.25, 0.3) is 0 Å². The molecule has 0 spiro atoms. The van der Waals surface area contributed by atoms with Gasteiger partial charge in [0.15, 0.2) is 10.9 Å². The van der Waals surface area contributed by atoms with E-state index in [4.69, 9.17) is 29.2 Å². The maximum atomic E-state index is 7.42. The van der Waals surface area contributed by atoms with E-state index in [1.807, 2.05) is 0 Å². The van der Waals surface area contributed by atoms with Gasteiger partial charge in [0.2, 0.25) is 5.95 Å². The van der Waals surface area contributed by atoms with Crippen molar-refractivity contribution in [1.29, 1.82) is 5.41 Å². The van der Waals surface area contributed by atoms with Gasteiger partial charge in [0.1, 0.15) is 5.02 Å². The van der Waals surface area contributed by atoms with E-state index in [9.17, 15) is 0 Å². The van der Waals surface area contributed by atoms with Crippen molar-refractivity contribution in [3.63, 3.8) is 0 Å². The molecule has 0 bridgehead atoms. The van der Waals surface area contributed by atoms with Crippen LogP contribution in [-0.2, 0) is 0 Å². The minimum absolute atomic E-state index is 0.333. The third-order valence-electron chi connectivity index (χ3n) is 5.16. The van der Waals surface area contributed by atoms with Gasteiger partial charge in [-0.2, -0.15) is 4.98 Å². The van der Waals surface area contributed by atoms with Crippen LogP contribution < -0.4 is 21.3 Å². The molecular formula is C18H27ClN8S. The first-order valence-electron chi connectivity index (χ1n) is 9.50. The highest BCUT2D eigenvalue weighted by Gasteiger charge is 2.41. The largest absolute Gasteiger partial charge is 0.392 e. The third kappa shape index (κ3) is 4.82. The Kier molecular flexibility index (Phi) is 6.90. The number of thiocarbonyl (C=S) groups is 1. The molecule has 0 amide bonds. The fraction of sp³-hybridized carbons (Fsp3) is 0.556. The second-order valence-corrected chi connectivity index (χ2v) is 7.92. The Morgan fingerprint density at radius 1 is 1.39 bits per heavy atom. The zero-order valence-corrected chi connectivity index (χ0v) is 17.7. The van der Waals surface area contributed by atoms with E-state index in [0.29, 0.717) is 40.4 Å². The Morgan fingerprint density at radius 2 is 2.11 bits per heavy atom. The normalized spacial score (nSPS) is 23.9. The minimum atomic E-state index is 0.333. The molecule has 28 heavy (non-hydrogen) atoms. The number of fused-ring (bicyclic) bond motifs is 1. The molecule has 2 atom stereocenters. The van der Waals surface area contributed by atoms with Crippen LogP contribution >= 0.6 is 23.8 Å². The number of halogens is 1. The summed E-state index contributed by atoms with van der Waals surface area (Å²) in [6.07, 6.45) is 6.59. The number of likely N-dealkylation sites (tertiary alicyclic amines) is 1. The molecule has 2 fully saturated rings. The second-order valence-electron chi connectivity index (χ2n) is 7.12. The van der Waals surface area contributed by atoms with Gasteiger partial charge in [-0.25, -0.2) is 4.98 Å². The molecule has 2 unspecified atom stereocenters. The van der Waals surface area contributed by atoms with Gasteiger partial charge in [-0.1, -0.05) is 11.6 Å². The molecule has 1 aliphatic carbocycles. The van der Waals surface area contributed by atoms with Crippen LogP contribution in [0.3, 0.4) is 0 Å². The first-order valence-corrected chi connectivity index (χ1v) is 10.3. The number of rotatable bonds is 7. The predicted molar refractivity (Wildman–Crippen MR) is 118 cm³/mol. The molecule has 10 heteroatoms. The summed E-state index contributed by atoms with van der Waals surface area (Å²) >= 11 is 11.8. The average molecular weight is 423 g/mol. The lowest BCUT2D eigenvalue weighted by atomic mass is 10.0. The number of aromatic nitrogens is 2. The number of nitrogens with one attached hydrogen (secondary N) is 5. The van der Waals surface area contributed by atoms with Crippen molar-refractivity contribution < 1.29 is 0 Å². The molecule has 0 radical (unpaired) electrons. The summed E-state index contributed by atoms with van der Waals surface area (Å²) in [6, 6.07) is 0.333. The highest BCUT2D eigenvalue weighted by Crippen LogP contribution is 2.39. The van der Waals surface area contributed by atoms with Crippen molar-refractivity contribution in [3.05, 3.63) is 23.1 Å². The summed E-state index contributed by atoms with van der Waals surface area (Å²) in [4.78, 5) is 11.0. The smallest absolute Gasteiger partial charge is 0.229 e. The Balaban J connectivity index is 1.60. The van der Waals surface area contributed by atoms with Crippen molar-refractivity contribution in [2.24, 2.45) is 11.8 Å². The molecule has 2 aliphatic rings. The lowest BCUT2D eigenvalue weighted by Crippen LogP contribution is -2.39. The standard InChI is InChI=1S/C18H27ClN8S/c1-3-22-18(28)27-9-11-4-13(5-12(11)10-27)24-16-15(19)8-23-17(26-16)25-14(6-20)7-21-2/h6-8,11-13,20-21H,3-5,9-10H2,1-2H3,(H,22,28)(H2,23,24,25,26)/b14-7+,20-6?. The number of hydrogen-bond donors (Lipinski definition) is 5. The number of anilines is 2. The zero-order chi connectivity index (χ0) is 20.1.